The third-order valence-corrected chi connectivity index (χ3v) is 2.15. The summed E-state index contributed by atoms with van der Waals surface area (Å²) in [4.78, 5) is 19.5. The lowest BCUT2D eigenvalue weighted by Gasteiger charge is -2.08. The fourth-order valence-corrected chi connectivity index (χ4v) is 1.37. The van der Waals surface area contributed by atoms with E-state index < -0.39 is 0 Å². The first-order valence-electron chi connectivity index (χ1n) is 4.93. The summed E-state index contributed by atoms with van der Waals surface area (Å²) in [5.41, 5.74) is 4.02. The first-order chi connectivity index (χ1) is 8.31. The maximum atomic E-state index is 11.9. The molecule has 0 radical (unpaired) electrons. The Morgan fingerprint density at radius 1 is 1.18 bits per heavy atom. The molecule has 1 heterocycles. The molecule has 1 amide bonds. The van der Waals surface area contributed by atoms with Gasteiger partial charge < -0.3 is 10.7 Å². The Labute approximate surface area is 97.9 Å². The Bertz CT molecular complexity index is 514. The van der Waals surface area contributed by atoms with E-state index in [0.717, 1.165) is 0 Å². The zero-order valence-electron chi connectivity index (χ0n) is 8.92. The van der Waals surface area contributed by atoms with Crippen LogP contribution in [0, 0.1) is 0 Å². The molecule has 6 nitrogen and oxygen atoms in total. The van der Waals surface area contributed by atoms with Gasteiger partial charge in [0.15, 0.2) is 0 Å². The molecule has 0 saturated heterocycles. The quantitative estimate of drug-likeness (QED) is 0.539. The van der Waals surface area contributed by atoms with Crippen molar-refractivity contribution in [3.8, 4) is 0 Å². The van der Waals surface area contributed by atoms with Gasteiger partial charge in [-0.05, 0) is 12.1 Å². The van der Waals surface area contributed by atoms with E-state index in [1.54, 1.807) is 24.3 Å². The largest absolute Gasteiger partial charge is 0.323 e. The Hall–Kier alpha value is -2.47. The van der Waals surface area contributed by atoms with Crippen molar-refractivity contribution in [1.82, 2.24) is 9.97 Å². The highest BCUT2D eigenvalue weighted by Gasteiger charge is 2.10. The number of hydrogen-bond acceptors (Lipinski definition) is 5. The van der Waals surface area contributed by atoms with Crippen molar-refractivity contribution in [2.75, 3.05) is 10.7 Å². The molecule has 0 spiro atoms. The third kappa shape index (κ3) is 2.56. The summed E-state index contributed by atoms with van der Waals surface area (Å²) >= 11 is 0. The summed E-state index contributed by atoms with van der Waals surface area (Å²) < 4.78 is 0. The van der Waals surface area contributed by atoms with E-state index in [1.807, 2.05) is 0 Å². The van der Waals surface area contributed by atoms with Crippen LogP contribution in [0.25, 0.3) is 0 Å². The van der Waals surface area contributed by atoms with E-state index in [0.29, 0.717) is 16.9 Å². The summed E-state index contributed by atoms with van der Waals surface area (Å²) in [5.74, 6) is 5.06. The number of nitrogens with zero attached hydrogens (tertiary/aromatic N) is 2. The average Bonchev–Trinajstić information content (AvgIpc) is 2.40. The number of aromatic nitrogens is 2. The normalized spacial score (nSPS) is 9.71. The SMILES string of the molecule is NNc1ccccc1C(=O)Nc1cncnc1. The van der Waals surface area contributed by atoms with Gasteiger partial charge in [0.2, 0.25) is 0 Å². The van der Waals surface area contributed by atoms with Crippen LogP contribution in [-0.2, 0) is 0 Å². The summed E-state index contributed by atoms with van der Waals surface area (Å²) in [6.07, 6.45) is 4.43. The minimum atomic E-state index is -0.270. The topological polar surface area (TPSA) is 92.9 Å². The molecule has 4 N–H and O–H groups in total. The molecule has 17 heavy (non-hydrogen) atoms. The van der Waals surface area contributed by atoms with Crippen molar-refractivity contribution in [3.63, 3.8) is 0 Å². The van der Waals surface area contributed by atoms with Gasteiger partial charge in [0.05, 0.1) is 29.3 Å². The van der Waals surface area contributed by atoms with E-state index in [2.05, 4.69) is 20.7 Å². The lowest BCUT2D eigenvalue weighted by atomic mass is 10.1. The first-order valence-corrected chi connectivity index (χ1v) is 4.93. The molecule has 1 aromatic heterocycles. The van der Waals surface area contributed by atoms with Gasteiger partial charge in [0.1, 0.15) is 6.33 Å². The highest BCUT2D eigenvalue weighted by molar-refractivity contribution is 6.07. The zero-order valence-corrected chi connectivity index (χ0v) is 8.92. The summed E-state index contributed by atoms with van der Waals surface area (Å²) in [7, 11) is 0. The predicted molar refractivity (Wildman–Crippen MR) is 64.2 cm³/mol. The number of nitrogens with two attached hydrogens (primary N) is 1. The van der Waals surface area contributed by atoms with Crippen molar-refractivity contribution in [1.29, 1.82) is 0 Å². The molecule has 2 rings (SSSR count). The van der Waals surface area contributed by atoms with Gasteiger partial charge >= 0.3 is 0 Å². The molecule has 0 fully saturated rings. The van der Waals surface area contributed by atoms with Gasteiger partial charge in [-0.1, -0.05) is 12.1 Å². The summed E-state index contributed by atoms with van der Waals surface area (Å²) in [6, 6.07) is 6.94. The van der Waals surface area contributed by atoms with Gasteiger partial charge in [-0.3, -0.25) is 10.6 Å². The van der Waals surface area contributed by atoms with Crippen molar-refractivity contribution < 1.29 is 4.79 Å². The highest BCUT2D eigenvalue weighted by Crippen LogP contribution is 2.15. The van der Waals surface area contributed by atoms with Crippen LogP contribution in [0.15, 0.2) is 43.0 Å². The van der Waals surface area contributed by atoms with Gasteiger partial charge in [-0.15, -0.1) is 0 Å². The van der Waals surface area contributed by atoms with Crippen LogP contribution in [0.3, 0.4) is 0 Å². The van der Waals surface area contributed by atoms with Gasteiger partial charge in [-0.2, -0.15) is 0 Å². The second-order valence-electron chi connectivity index (χ2n) is 3.27. The molecule has 6 heteroatoms. The molecule has 0 aliphatic heterocycles. The number of hydrazine groups is 1. The van der Waals surface area contributed by atoms with E-state index >= 15 is 0 Å². The van der Waals surface area contributed by atoms with Gasteiger partial charge in [0.25, 0.3) is 5.91 Å². The Morgan fingerprint density at radius 3 is 2.59 bits per heavy atom. The molecule has 0 bridgehead atoms. The molecule has 86 valence electrons. The number of amides is 1. The van der Waals surface area contributed by atoms with Crippen molar-refractivity contribution in [2.24, 2.45) is 5.84 Å². The molecule has 1 aromatic carbocycles. The number of benzene rings is 1. The minimum Gasteiger partial charge on any atom is -0.323 e. The number of anilines is 2. The number of para-hydroxylation sites is 1. The van der Waals surface area contributed by atoms with E-state index in [9.17, 15) is 4.79 Å². The van der Waals surface area contributed by atoms with E-state index in [4.69, 9.17) is 5.84 Å². The lowest BCUT2D eigenvalue weighted by molar-refractivity contribution is 0.102. The molecular formula is C11H11N5O. The van der Waals surface area contributed by atoms with Crippen LogP contribution in [0.1, 0.15) is 10.4 Å². The summed E-state index contributed by atoms with van der Waals surface area (Å²) in [6.45, 7) is 0. The number of carbonyl (C=O) groups is 1. The average molecular weight is 229 g/mol. The van der Waals surface area contributed by atoms with Crippen LogP contribution in [0.5, 0.6) is 0 Å². The van der Waals surface area contributed by atoms with Crippen LogP contribution in [-0.4, -0.2) is 15.9 Å². The van der Waals surface area contributed by atoms with Gasteiger partial charge in [0, 0.05) is 0 Å². The zero-order chi connectivity index (χ0) is 12.1. The predicted octanol–water partition coefficient (Wildman–Crippen LogP) is 1.01. The van der Waals surface area contributed by atoms with E-state index in [1.165, 1.54) is 18.7 Å². The number of hydrogen-bond donors (Lipinski definition) is 3. The third-order valence-electron chi connectivity index (χ3n) is 2.15. The highest BCUT2D eigenvalue weighted by atomic mass is 16.1. The van der Waals surface area contributed by atoms with Crippen LogP contribution in [0.4, 0.5) is 11.4 Å². The molecular weight excluding hydrogens is 218 g/mol. The molecule has 0 saturated carbocycles. The van der Waals surface area contributed by atoms with Crippen LogP contribution in [0.2, 0.25) is 0 Å². The summed E-state index contributed by atoms with van der Waals surface area (Å²) in [5, 5.41) is 2.67. The molecule has 0 aliphatic carbocycles. The molecule has 0 aliphatic rings. The van der Waals surface area contributed by atoms with Gasteiger partial charge in [-0.25, -0.2) is 9.97 Å². The fraction of sp³-hybridized carbons (Fsp3) is 0. The van der Waals surface area contributed by atoms with Crippen LogP contribution < -0.4 is 16.6 Å². The number of nitrogens with one attached hydrogen (secondary N) is 2. The smallest absolute Gasteiger partial charge is 0.257 e. The molecule has 0 atom stereocenters. The monoisotopic (exact) mass is 229 g/mol. The second kappa shape index (κ2) is 5.04. The van der Waals surface area contributed by atoms with Crippen molar-refractivity contribution in [3.05, 3.63) is 48.5 Å². The maximum absolute atomic E-state index is 11.9. The fourth-order valence-electron chi connectivity index (χ4n) is 1.37. The number of rotatable bonds is 3. The number of nitrogen functional groups attached to an aromatic ring is 1. The first kappa shape index (κ1) is 11.0. The van der Waals surface area contributed by atoms with E-state index in [-0.39, 0.29) is 5.91 Å². The molecule has 0 unspecified atom stereocenters. The second-order valence-corrected chi connectivity index (χ2v) is 3.27. The molecule has 2 aromatic rings. The van der Waals surface area contributed by atoms with Crippen LogP contribution >= 0.6 is 0 Å². The minimum absolute atomic E-state index is 0.270. The van der Waals surface area contributed by atoms with Crippen molar-refractivity contribution >= 4 is 17.3 Å². The van der Waals surface area contributed by atoms with Crippen molar-refractivity contribution in [2.45, 2.75) is 0 Å². The standard InChI is InChI=1S/C11H11N5O/c12-16-10-4-2-1-3-9(10)11(17)15-8-5-13-7-14-6-8/h1-7,16H,12H2,(H,15,17). The maximum Gasteiger partial charge on any atom is 0.257 e. The Kier molecular flexibility index (Phi) is 3.27. The Balaban J connectivity index is 2.20. The Morgan fingerprint density at radius 2 is 1.88 bits per heavy atom. The lowest BCUT2D eigenvalue weighted by Crippen LogP contribution is -2.17. The number of carbonyl (C=O) groups excluding carboxylic acids is 1.